The van der Waals surface area contributed by atoms with Gasteiger partial charge in [0, 0.05) is 51.9 Å². The molecule has 0 saturated carbocycles. The van der Waals surface area contributed by atoms with Crippen LogP contribution in [0, 0.1) is 5.41 Å². The molecule has 7 heteroatoms. The normalized spacial score (nSPS) is 19.3. The van der Waals surface area contributed by atoms with E-state index in [2.05, 4.69) is 4.98 Å². The summed E-state index contributed by atoms with van der Waals surface area (Å²) in [5, 5.41) is 0. The highest BCUT2D eigenvalue weighted by Crippen LogP contribution is 2.33. The van der Waals surface area contributed by atoms with Gasteiger partial charge in [0.1, 0.15) is 5.41 Å². The van der Waals surface area contributed by atoms with Crippen molar-refractivity contribution in [2.75, 3.05) is 39.9 Å². The Labute approximate surface area is 160 Å². The first-order chi connectivity index (χ1) is 12.8. The Morgan fingerprint density at radius 1 is 1.19 bits per heavy atom. The average Bonchev–Trinajstić information content (AvgIpc) is 3.14. The minimum Gasteiger partial charge on any atom is -0.347 e. The lowest BCUT2D eigenvalue weighted by atomic mass is 9.88. The van der Waals surface area contributed by atoms with Gasteiger partial charge in [-0.3, -0.25) is 14.6 Å². The number of carbonyl (C=O) groups excluding carboxylic acids is 2. The molecule has 0 unspecified atom stereocenters. The van der Waals surface area contributed by atoms with Crippen molar-refractivity contribution >= 4 is 11.8 Å². The minimum absolute atomic E-state index is 0.129. The zero-order valence-electron chi connectivity index (χ0n) is 16.4. The lowest BCUT2D eigenvalue weighted by molar-refractivity contribution is -0.190. The number of ether oxygens (including phenoxy) is 2. The summed E-state index contributed by atoms with van der Waals surface area (Å²) in [7, 11) is 1.75. The number of hydrogen-bond donors (Lipinski definition) is 0. The molecule has 2 amide bonds. The van der Waals surface area contributed by atoms with E-state index in [1.807, 2.05) is 12.1 Å². The second-order valence-electron chi connectivity index (χ2n) is 7.86. The third-order valence-electron chi connectivity index (χ3n) is 5.53. The van der Waals surface area contributed by atoms with Crippen LogP contribution in [0.25, 0.3) is 0 Å². The van der Waals surface area contributed by atoms with Crippen molar-refractivity contribution < 1.29 is 19.1 Å². The Bertz CT molecular complexity index is 661. The first-order valence-electron chi connectivity index (χ1n) is 9.56. The maximum atomic E-state index is 13.0. The molecule has 0 atom stereocenters. The Morgan fingerprint density at radius 3 is 2.37 bits per heavy atom. The molecule has 2 aliphatic heterocycles. The fourth-order valence-corrected chi connectivity index (χ4v) is 3.75. The fraction of sp³-hybridized carbons (Fsp3) is 0.650. The van der Waals surface area contributed by atoms with Crippen LogP contribution in [0.3, 0.4) is 0 Å². The predicted octanol–water partition coefficient (Wildman–Crippen LogP) is 1.47. The molecule has 1 aromatic rings. The number of pyridine rings is 1. The molecule has 0 radical (unpaired) electrons. The van der Waals surface area contributed by atoms with Crippen LogP contribution in [-0.4, -0.2) is 72.3 Å². The van der Waals surface area contributed by atoms with Gasteiger partial charge in [0.2, 0.25) is 11.8 Å². The Balaban J connectivity index is 1.55. The van der Waals surface area contributed by atoms with Crippen molar-refractivity contribution in [1.29, 1.82) is 0 Å². The van der Waals surface area contributed by atoms with E-state index in [0.29, 0.717) is 45.7 Å². The molecule has 2 aliphatic rings. The molecule has 3 rings (SSSR count). The smallest absolute Gasteiger partial charge is 0.237 e. The van der Waals surface area contributed by atoms with E-state index in [0.717, 1.165) is 12.0 Å². The van der Waals surface area contributed by atoms with Gasteiger partial charge in [-0.2, -0.15) is 0 Å². The van der Waals surface area contributed by atoms with Crippen LogP contribution >= 0.6 is 0 Å². The topological polar surface area (TPSA) is 72.0 Å². The molecule has 2 fully saturated rings. The summed E-state index contributed by atoms with van der Waals surface area (Å²) in [6.07, 6.45) is 5.52. The largest absolute Gasteiger partial charge is 0.347 e. The van der Waals surface area contributed by atoms with Crippen molar-refractivity contribution in [1.82, 2.24) is 14.8 Å². The molecule has 0 bridgehead atoms. The van der Waals surface area contributed by atoms with Crippen molar-refractivity contribution in [3.63, 3.8) is 0 Å². The highest BCUT2D eigenvalue weighted by molar-refractivity contribution is 6.04. The molecule has 2 saturated heterocycles. The number of carbonyl (C=O) groups is 2. The molecular formula is C20H29N3O4. The number of amides is 2. The molecule has 148 valence electrons. The van der Waals surface area contributed by atoms with Gasteiger partial charge in [-0.15, -0.1) is 0 Å². The first kappa shape index (κ1) is 19.8. The van der Waals surface area contributed by atoms with Crippen molar-refractivity contribution in [3.8, 4) is 0 Å². The third-order valence-corrected chi connectivity index (χ3v) is 5.53. The molecule has 27 heavy (non-hydrogen) atoms. The van der Waals surface area contributed by atoms with Crippen molar-refractivity contribution in [2.24, 2.45) is 5.41 Å². The van der Waals surface area contributed by atoms with Crippen LogP contribution < -0.4 is 0 Å². The molecule has 0 aliphatic carbocycles. The number of piperidine rings is 1. The lowest BCUT2D eigenvalue weighted by Gasteiger charge is -2.40. The van der Waals surface area contributed by atoms with Gasteiger partial charge in [-0.25, -0.2) is 0 Å². The van der Waals surface area contributed by atoms with Crippen LogP contribution in [0.1, 0.15) is 32.3 Å². The zero-order chi connectivity index (χ0) is 19.5. The second-order valence-corrected chi connectivity index (χ2v) is 7.86. The molecule has 0 aromatic carbocycles. The number of rotatable bonds is 5. The van der Waals surface area contributed by atoms with Gasteiger partial charge < -0.3 is 19.3 Å². The number of likely N-dealkylation sites (N-methyl/N-ethyl adjacent to an activating group) is 1. The number of nitrogens with zero attached hydrogens (tertiary/aromatic N) is 3. The van der Waals surface area contributed by atoms with Gasteiger partial charge >= 0.3 is 0 Å². The van der Waals surface area contributed by atoms with Gasteiger partial charge in [-0.1, -0.05) is 0 Å². The Kier molecular flexibility index (Phi) is 5.81. The van der Waals surface area contributed by atoms with Gasteiger partial charge in [0.05, 0.1) is 13.2 Å². The third kappa shape index (κ3) is 4.30. The maximum Gasteiger partial charge on any atom is 0.237 e. The van der Waals surface area contributed by atoms with E-state index in [4.69, 9.17) is 9.47 Å². The molecular weight excluding hydrogens is 346 g/mol. The summed E-state index contributed by atoms with van der Waals surface area (Å²) in [6, 6.07) is 3.87. The Hall–Kier alpha value is -1.99. The van der Waals surface area contributed by atoms with Crippen LogP contribution in [0.15, 0.2) is 24.5 Å². The average molecular weight is 375 g/mol. The molecule has 1 aromatic heterocycles. The Morgan fingerprint density at radius 2 is 1.78 bits per heavy atom. The quantitative estimate of drug-likeness (QED) is 0.729. The molecule has 3 heterocycles. The summed E-state index contributed by atoms with van der Waals surface area (Å²) in [5.41, 5.74) is 0.0289. The highest BCUT2D eigenvalue weighted by atomic mass is 16.7. The standard InChI is InChI=1S/C20H29N3O4/c1-19(2,17(24)22(3)11-6-16-4-9-21-10-5-16)18(25)23-12-7-20(8-13-23)26-14-15-27-20/h4-5,9-10H,6-8,11-15H2,1-3H3. The zero-order valence-corrected chi connectivity index (χ0v) is 16.4. The molecule has 0 N–H and O–H groups in total. The van der Waals surface area contributed by atoms with Crippen LogP contribution in [-0.2, 0) is 25.5 Å². The number of aromatic nitrogens is 1. The minimum atomic E-state index is -1.09. The van der Waals surface area contributed by atoms with Crippen molar-refractivity contribution in [2.45, 2.75) is 38.9 Å². The second kappa shape index (κ2) is 7.94. The van der Waals surface area contributed by atoms with E-state index in [-0.39, 0.29) is 11.8 Å². The van der Waals surface area contributed by atoms with E-state index >= 15 is 0 Å². The predicted molar refractivity (Wildman–Crippen MR) is 99.8 cm³/mol. The van der Waals surface area contributed by atoms with Gasteiger partial charge in [0.25, 0.3) is 0 Å². The summed E-state index contributed by atoms with van der Waals surface area (Å²) < 4.78 is 11.4. The SMILES string of the molecule is CN(CCc1ccncc1)C(=O)C(C)(C)C(=O)N1CCC2(CC1)OCCO2. The monoisotopic (exact) mass is 375 g/mol. The van der Waals surface area contributed by atoms with E-state index in [9.17, 15) is 9.59 Å². The summed E-state index contributed by atoms with van der Waals surface area (Å²) >= 11 is 0. The van der Waals surface area contributed by atoms with Gasteiger partial charge in [0.15, 0.2) is 5.79 Å². The van der Waals surface area contributed by atoms with Crippen molar-refractivity contribution in [3.05, 3.63) is 30.1 Å². The number of likely N-dealkylation sites (tertiary alicyclic amines) is 1. The van der Waals surface area contributed by atoms with Crippen LogP contribution in [0.2, 0.25) is 0 Å². The van der Waals surface area contributed by atoms with Gasteiger partial charge in [-0.05, 0) is 38.0 Å². The highest BCUT2D eigenvalue weighted by Gasteiger charge is 2.45. The molecule has 1 spiro atoms. The first-order valence-corrected chi connectivity index (χ1v) is 9.56. The van der Waals surface area contributed by atoms with Crippen LogP contribution in [0.4, 0.5) is 0 Å². The summed E-state index contributed by atoms with van der Waals surface area (Å²) in [5.74, 6) is -0.807. The number of hydrogen-bond acceptors (Lipinski definition) is 5. The summed E-state index contributed by atoms with van der Waals surface area (Å²) in [4.78, 5) is 33.4. The van der Waals surface area contributed by atoms with E-state index in [1.165, 1.54) is 0 Å². The molecule has 7 nitrogen and oxygen atoms in total. The summed E-state index contributed by atoms with van der Waals surface area (Å²) in [6.45, 7) is 6.32. The fourth-order valence-electron chi connectivity index (χ4n) is 3.75. The van der Waals surface area contributed by atoms with E-state index < -0.39 is 11.2 Å². The van der Waals surface area contributed by atoms with Crippen LogP contribution in [0.5, 0.6) is 0 Å². The maximum absolute atomic E-state index is 13.0. The van der Waals surface area contributed by atoms with E-state index in [1.54, 1.807) is 43.1 Å². The lowest BCUT2D eigenvalue weighted by Crippen LogP contribution is -2.54.